The molecule has 1 atom stereocenters. The largest absolute Gasteiger partial charge is 0.469 e. The predicted octanol–water partition coefficient (Wildman–Crippen LogP) is 3.14. The van der Waals surface area contributed by atoms with Crippen LogP contribution in [0.5, 0.6) is 0 Å². The number of epoxide rings is 1. The van der Waals surface area contributed by atoms with E-state index in [1.165, 1.54) is 7.11 Å². The summed E-state index contributed by atoms with van der Waals surface area (Å²) < 4.78 is 10.2. The minimum Gasteiger partial charge on any atom is -0.469 e. The second kappa shape index (κ2) is 5.47. The molecule has 0 radical (unpaired) electrons. The van der Waals surface area contributed by atoms with Gasteiger partial charge in [-0.25, -0.2) is 0 Å². The molecule has 3 nitrogen and oxygen atoms in total. The zero-order valence-electron chi connectivity index (χ0n) is 11.3. The maximum Gasteiger partial charge on any atom is 0.309 e. The minimum absolute atomic E-state index is 0.103. The summed E-state index contributed by atoms with van der Waals surface area (Å²) in [6.07, 6.45) is 0.387. The molecule has 3 heteroatoms. The molecule has 1 aliphatic rings. The van der Waals surface area contributed by atoms with Crippen molar-refractivity contribution in [2.75, 3.05) is 13.7 Å². The molecule has 2 aromatic rings. The zero-order chi connectivity index (χ0) is 13.9. The molecule has 0 N–H and O–H groups in total. The first-order valence-corrected chi connectivity index (χ1v) is 6.65. The molecule has 1 unspecified atom stereocenters. The van der Waals surface area contributed by atoms with Crippen LogP contribution in [-0.4, -0.2) is 19.7 Å². The predicted molar refractivity (Wildman–Crippen MR) is 76.3 cm³/mol. The molecule has 1 aliphatic heterocycles. The Morgan fingerprint density at radius 2 is 1.95 bits per heavy atom. The molecule has 0 aliphatic carbocycles. The van der Waals surface area contributed by atoms with E-state index in [-0.39, 0.29) is 18.5 Å². The minimum atomic E-state index is -0.225. The first-order valence-electron chi connectivity index (χ1n) is 6.65. The Morgan fingerprint density at radius 3 is 2.60 bits per heavy atom. The van der Waals surface area contributed by atoms with Crippen molar-refractivity contribution in [3.8, 4) is 11.1 Å². The number of hydrogen-bond acceptors (Lipinski definition) is 3. The smallest absolute Gasteiger partial charge is 0.309 e. The molecular weight excluding hydrogens is 252 g/mol. The van der Waals surface area contributed by atoms with Gasteiger partial charge in [0.2, 0.25) is 0 Å². The zero-order valence-corrected chi connectivity index (χ0v) is 11.3. The summed E-state index contributed by atoms with van der Waals surface area (Å²) in [5.74, 6) is -0.225. The third kappa shape index (κ3) is 2.58. The average molecular weight is 268 g/mol. The van der Waals surface area contributed by atoms with Crippen LogP contribution in [0.1, 0.15) is 17.2 Å². The van der Waals surface area contributed by atoms with E-state index in [9.17, 15) is 4.79 Å². The molecule has 2 aromatic carbocycles. The molecule has 0 aromatic heterocycles. The number of benzene rings is 2. The lowest BCUT2D eigenvalue weighted by molar-refractivity contribution is -0.139. The van der Waals surface area contributed by atoms with Crippen molar-refractivity contribution in [1.82, 2.24) is 0 Å². The second-order valence-corrected chi connectivity index (χ2v) is 4.82. The van der Waals surface area contributed by atoms with Crippen molar-refractivity contribution in [3.05, 3.63) is 59.7 Å². The summed E-state index contributed by atoms with van der Waals surface area (Å²) in [4.78, 5) is 11.6. The van der Waals surface area contributed by atoms with Gasteiger partial charge in [0.05, 0.1) is 20.1 Å². The third-order valence-electron chi connectivity index (χ3n) is 3.50. The van der Waals surface area contributed by atoms with Gasteiger partial charge in [0.1, 0.15) is 6.10 Å². The quantitative estimate of drug-likeness (QED) is 0.631. The number of hydrogen-bond donors (Lipinski definition) is 0. The fourth-order valence-electron chi connectivity index (χ4n) is 2.46. The lowest BCUT2D eigenvalue weighted by Crippen LogP contribution is -2.07. The number of ether oxygens (including phenoxy) is 2. The highest BCUT2D eigenvalue weighted by molar-refractivity contribution is 5.76. The highest BCUT2D eigenvalue weighted by Gasteiger charge is 2.30. The number of rotatable bonds is 4. The Kier molecular flexibility index (Phi) is 3.52. The van der Waals surface area contributed by atoms with Crippen molar-refractivity contribution < 1.29 is 14.3 Å². The Balaban J connectivity index is 2.06. The van der Waals surface area contributed by atoms with Gasteiger partial charge in [-0.3, -0.25) is 4.79 Å². The number of methoxy groups -OCH3 is 1. The van der Waals surface area contributed by atoms with Crippen molar-refractivity contribution >= 4 is 5.97 Å². The summed E-state index contributed by atoms with van der Waals surface area (Å²) >= 11 is 0. The standard InChI is InChI=1S/C17H16O3/c1-19-16(18)10-13-8-5-9-14(17(13)15-11-20-15)12-6-3-2-4-7-12/h2-9,15H,10-11H2,1H3. The van der Waals surface area contributed by atoms with E-state index in [2.05, 4.69) is 18.2 Å². The van der Waals surface area contributed by atoms with Gasteiger partial charge in [0.15, 0.2) is 0 Å². The van der Waals surface area contributed by atoms with Crippen LogP contribution in [0.2, 0.25) is 0 Å². The van der Waals surface area contributed by atoms with Crippen molar-refractivity contribution in [2.24, 2.45) is 0 Å². The fraction of sp³-hybridized carbons (Fsp3) is 0.235. The summed E-state index contributed by atoms with van der Waals surface area (Å²) in [5.41, 5.74) is 4.38. The highest BCUT2D eigenvalue weighted by atomic mass is 16.6. The average Bonchev–Trinajstić information content (AvgIpc) is 3.32. The molecule has 20 heavy (non-hydrogen) atoms. The van der Waals surface area contributed by atoms with E-state index in [1.807, 2.05) is 30.3 Å². The van der Waals surface area contributed by atoms with Crippen LogP contribution in [0.4, 0.5) is 0 Å². The summed E-state index contributed by atoms with van der Waals surface area (Å²) in [6.45, 7) is 0.720. The molecule has 0 spiro atoms. The normalized spacial score (nSPS) is 16.8. The van der Waals surface area contributed by atoms with Gasteiger partial charge in [-0.15, -0.1) is 0 Å². The van der Waals surface area contributed by atoms with Gasteiger partial charge in [-0.2, -0.15) is 0 Å². The second-order valence-electron chi connectivity index (χ2n) is 4.82. The van der Waals surface area contributed by atoms with Gasteiger partial charge >= 0.3 is 5.97 Å². The van der Waals surface area contributed by atoms with E-state index < -0.39 is 0 Å². The van der Waals surface area contributed by atoms with Gasteiger partial charge < -0.3 is 9.47 Å². The molecule has 0 bridgehead atoms. The molecule has 1 heterocycles. The van der Waals surface area contributed by atoms with Gasteiger partial charge in [-0.1, -0.05) is 48.5 Å². The van der Waals surface area contributed by atoms with E-state index in [4.69, 9.17) is 9.47 Å². The lowest BCUT2D eigenvalue weighted by Gasteiger charge is -2.13. The Bertz CT molecular complexity index is 615. The topological polar surface area (TPSA) is 38.8 Å². The molecule has 102 valence electrons. The van der Waals surface area contributed by atoms with Crippen molar-refractivity contribution in [3.63, 3.8) is 0 Å². The van der Waals surface area contributed by atoms with Gasteiger partial charge in [0, 0.05) is 0 Å². The first kappa shape index (κ1) is 12.9. The molecule has 0 amide bonds. The highest BCUT2D eigenvalue weighted by Crippen LogP contribution is 2.39. The van der Waals surface area contributed by atoms with E-state index in [1.54, 1.807) is 0 Å². The van der Waals surface area contributed by atoms with Gasteiger partial charge in [-0.05, 0) is 22.3 Å². The van der Waals surface area contributed by atoms with Crippen LogP contribution in [-0.2, 0) is 20.7 Å². The van der Waals surface area contributed by atoms with Crippen LogP contribution in [0.3, 0.4) is 0 Å². The van der Waals surface area contributed by atoms with Crippen LogP contribution in [0, 0.1) is 0 Å². The van der Waals surface area contributed by atoms with Crippen LogP contribution < -0.4 is 0 Å². The lowest BCUT2D eigenvalue weighted by atomic mass is 9.92. The Labute approximate surface area is 118 Å². The van der Waals surface area contributed by atoms with Crippen LogP contribution >= 0.6 is 0 Å². The van der Waals surface area contributed by atoms with Crippen molar-refractivity contribution in [1.29, 1.82) is 0 Å². The van der Waals surface area contributed by atoms with E-state index >= 15 is 0 Å². The first-order chi connectivity index (χ1) is 9.79. The molecule has 1 fully saturated rings. The molecular formula is C17H16O3. The molecule has 3 rings (SSSR count). The number of carbonyl (C=O) groups excluding carboxylic acids is 1. The summed E-state index contributed by atoms with van der Waals surface area (Å²) in [5, 5.41) is 0. The molecule has 0 saturated carbocycles. The maximum atomic E-state index is 11.6. The Morgan fingerprint density at radius 1 is 1.20 bits per heavy atom. The van der Waals surface area contributed by atoms with Gasteiger partial charge in [0.25, 0.3) is 0 Å². The Hall–Kier alpha value is -2.13. The monoisotopic (exact) mass is 268 g/mol. The fourth-order valence-corrected chi connectivity index (χ4v) is 2.46. The molecule has 1 saturated heterocycles. The maximum absolute atomic E-state index is 11.6. The third-order valence-corrected chi connectivity index (χ3v) is 3.50. The van der Waals surface area contributed by atoms with E-state index in [0.717, 1.165) is 28.9 Å². The summed E-state index contributed by atoms with van der Waals surface area (Å²) in [7, 11) is 1.41. The van der Waals surface area contributed by atoms with E-state index in [0.29, 0.717) is 0 Å². The van der Waals surface area contributed by atoms with Crippen molar-refractivity contribution in [2.45, 2.75) is 12.5 Å². The van der Waals surface area contributed by atoms with Crippen LogP contribution in [0.15, 0.2) is 48.5 Å². The summed E-state index contributed by atoms with van der Waals surface area (Å²) in [6, 6.07) is 16.2. The number of carbonyl (C=O) groups is 1. The SMILES string of the molecule is COC(=O)Cc1cccc(-c2ccccc2)c1C1CO1. The van der Waals surface area contributed by atoms with Crippen LogP contribution in [0.25, 0.3) is 11.1 Å². The number of esters is 1.